The Labute approximate surface area is 167 Å². The number of hydrogen-bond acceptors (Lipinski definition) is 3. The number of primary amides is 1. The molecule has 1 fully saturated rings. The Bertz CT molecular complexity index is 824. The molecule has 142 valence electrons. The first-order valence-corrected chi connectivity index (χ1v) is 9.30. The molecule has 27 heavy (non-hydrogen) atoms. The van der Waals surface area contributed by atoms with Gasteiger partial charge in [0.2, 0.25) is 5.91 Å². The largest absolute Gasteiger partial charge is 0.368 e. The van der Waals surface area contributed by atoms with Crippen molar-refractivity contribution in [1.82, 2.24) is 9.80 Å². The Morgan fingerprint density at radius 3 is 2.26 bits per heavy atom. The average molecular weight is 407 g/mol. The van der Waals surface area contributed by atoms with E-state index in [0.29, 0.717) is 41.9 Å². The summed E-state index contributed by atoms with van der Waals surface area (Å²) in [7, 11) is 0. The molecule has 1 aliphatic heterocycles. The van der Waals surface area contributed by atoms with Gasteiger partial charge in [-0.2, -0.15) is 0 Å². The molecular formula is C19H20Cl2N4O2. The van der Waals surface area contributed by atoms with Crippen molar-refractivity contribution < 1.29 is 9.59 Å². The Hall–Kier alpha value is -2.28. The fourth-order valence-corrected chi connectivity index (χ4v) is 3.61. The summed E-state index contributed by atoms with van der Waals surface area (Å²) in [5.41, 5.74) is 6.99. The van der Waals surface area contributed by atoms with Crippen LogP contribution in [0.15, 0.2) is 48.5 Å². The molecule has 3 amide bonds. The van der Waals surface area contributed by atoms with Crippen LogP contribution < -0.4 is 11.1 Å². The molecule has 3 rings (SSSR count). The lowest BCUT2D eigenvalue weighted by molar-refractivity contribution is -0.124. The number of nitrogens with zero attached hydrogens (tertiary/aromatic N) is 2. The minimum atomic E-state index is -0.498. The molecule has 0 radical (unpaired) electrons. The zero-order chi connectivity index (χ0) is 19.4. The van der Waals surface area contributed by atoms with Crippen molar-refractivity contribution in [3.63, 3.8) is 0 Å². The number of nitrogens with two attached hydrogens (primary N) is 1. The fraction of sp³-hybridized carbons (Fsp3) is 0.263. The Morgan fingerprint density at radius 1 is 1.00 bits per heavy atom. The zero-order valence-corrected chi connectivity index (χ0v) is 16.1. The molecule has 0 saturated carbocycles. The van der Waals surface area contributed by atoms with Crippen LogP contribution in [0.2, 0.25) is 10.0 Å². The van der Waals surface area contributed by atoms with Crippen LogP contribution >= 0.6 is 23.2 Å². The van der Waals surface area contributed by atoms with E-state index < -0.39 is 11.9 Å². The molecule has 2 aromatic rings. The van der Waals surface area contributed by atoms with Crippen LogP contribution in [-0.2, 0) is 4.79 Å². The van der Waals surface area contributed by atoms with Crippen LogP contribution in [0.3, 0.4) is 0 Å². The SMILES string of the molecule is NC(=O)C(c1ccccc1)N1CCN(C(=O)Nc2ccc(Cl)cc2Cl)CC1. The number of nitrogens with one attached hydrogen (secondary N) is 1. The second kappa shape index (κ2) is 8.61. The third-order valence-electron chi connectivity index (χ3n) is 4.52. The van der Waals surface area contributed by atoms with Crippen LogP contribution in [0.4, 0.5) is 10.5 Å². The van der Waals surface area contributed by atoms with Gasteiger partial charge in [-0.15, -0.1) is 0 Å². The summed E-state index contributed by atoms with van der Waals surface area (Å²) >= 11 is 12.0. The van der Waals surface area contributed by atoms with Gasteiger partial charge in [0.1, 0.15) is 6.04 Å². The Balaban J connectivity index is 1.62. The molecule has 1 heterocycles. The van der Waals surface area contributed by atoms with Gasteiger partial charge in [-0.25, -0.2) is 4.79 Å². The normalized spacial score (nSPS) is 16.0. The van der Waals surface area contributed by atoms with Gasteiger partial charge >= 0.3 is 6.03 Å². The highest BCUT2D eigenvalue weighted by molar-refractivity contribution is 6.36. The number of urea groups is 1. The third-order valence-corrected chi connectivity index (χ3v) is 5.07. The maximum atomic E-state index is 12.5. The van der Waals surface area contributed by atoms with Gasteiger partial charge in [0.15, 0.2) is 0 Å². The summed E-state index contributed by atoms with van der Waals surface area (Å²) in [6, 6.07) is 13.6. The summed E-state index contributed by atoms with van der Waals surface area (Å²) in [5, 5.41) is 3.68. The smallest absolute Gasteiger partial charge is 0.321 e. The van der Waals surface area contributed by atoms with E-state index in [-0.39, 0.29) is 6.03 Å². The molecule has 1 saturated heterocycles. The van der Waals surface area contributed by atoms with E-state index in [1.54, 1.807) is 23.1 Å². The summed E-state index contributed by atoms with van der Waals surface area (Å²) in [6.07, 6.45) is 0. The number of rotatable bonds is 4. The number of amides is 3. The molecule has 1 unspecified atom stereocenters. The summed E-state index contributed by atoms with van der Waals surface area (Å²) in [6.45, 7) is 2.05. The highest BCUT2D eigenvalue weighted by atomic mass is 35.5. The maximum absolute atomic E-state index is 12.5. The summed E-state index contributed by atoms with van der Waals surface area (Å²) < 4.78 is 0. The van der Waals surface area contributed by atoms with Gasteiger partial charge in [-0.1, -0.05) is 53.5 Å². The minimum absolute atomic E-state index is 0.241. The number of carbonyl (C=O) groups is 2. The van der Waals surface area contributed by atoms with Crippen LogP contribution in [-0.4, -0.2) is 47.9 Å². The molecule has 2 aromatic carbocycles. The molecule has 1 atom stereocenters. The van der Waals surface area contributed by atoms with Crippen LogP contribution in [0.25, 0.3) is 0 Å². The average Bonchev–Trinajstić information content (AvgIpc) is 2.65. The lowest BCUT2D eigenvalue weighted by atomic mass is 10.0. The molecule has 3 N–H and O–H groups in total. The van der Waals surface area contributed by atoms with E-state index in [2.05, 4.69) is 5.32 Å². The highest BCUT2D eigenvalue weighted by Gasteiger charge is 2.30. The van der Waals surface area contributed by atoms with Gasteiger partial charge < -0.3 is 16.0 Å². The molecular weight excluding hydrogens is 387 g/mol. The monoisotopic (exact) mass is 406 g/mol. The predicted octanol–water partition coefficient (Wildman–Crippen LogP) is 3.37. The molecule has 0 bridgehead atoms. The summed E-state index contributed by atoms with van der Waals surface area (Å²) in [5.74, 6) is -0.396. The first-order valence-electron chi connectivity index (χ1n) is 8.55. The number of benzene rings is 2. The Kier molecular flexibility index (Phi) is 6.21. The fourth-order valence-electron chi connectivity index (χ4n) is 3.16. The highest BCUT2D eigenvalue weighted by Crippen LogP contribution is 2.26. The van der Waals surface area contributed by atoms with E-state index >= 15 is 0 Å². The third kappa shape index (κ3) is 4.71. The first kappa shape index (κ1) is 19.5. The molecule has 6 nitrogen and oxygen atoms in total. The lowest BCUT2D eigenvalue weighted by Gasteiger charge is -2.38. The van der Waals surface area contributed by atoms with Gasteiger partial charge in [-0.05, 0) is 23.8 Å². The van der Waals surface area contributed by atoms with Crippen LogP contribution in [0.5, 0.6) is 0 Å². The Morgan fingerprint density at radius 2 is 1.67 bits per heavy atom. The summed E-state index contributed by atoms with van der Waals surface area (Å²) in [4.78, 5) is 28.2. The van der Waals surface area contributed by atoms with Gasteiger partial charge in [-0.3, -0.25) is 9.69 Å². The van der Waals surface area contributed by atoms with Gasteiger partial charge in [0.05, 0.1) is 10.7 Å². The molecule has 1 aliphatic rings. The van der Waals surface area contributed by atoms with Gasteiger partial charge in [0, 0.05) is 31.2 Å². The van der Waals surface area contributed by atoms with Crippen molar-refractivity contribution in [1.29, 1.82) is 0 Å². The van der Waals surface area contributed by atoms with Crippen LogP contribution in [0.1, 0.15) is 11.6 Å². The number of anilines is 1. The zero-order valence-electron chi connectivity index (χ0n) is 14.6. The van der Waals surface area contributed by atoms with Crippen molar-refractivity contribution in [2.75, 3.05) is 31.5 Å². The van der Waals surface area contributed by atoms with Crippen molar-refractivity contribution in [2.45, 2.75) is 6.04 Å². The quantitative estimate of drug-likeness (QED) is 0.816. The van der Waals surface area contributed by atoms with Crippen molar-refractivity contribution in [3.05, 3.63) is 64.1 Å². The number of piperazine rings is 1. The first-order chi connectivity index (χ1) is 13.0. The lowest BCUT2D eigenvalue weighted by Crippen LogP contribution is -2.52. The van der Waals surface area contributed by atoms with Crippen molar-refractivity contribution >= 4 is 40.8 Å². The van der Waals surface area contributed by atoms with Crippen molar-refractivity contribution in [2.24, 2.45) is 5.73 Å². The number of carbonyl (C=O) groups excluding carboxylic acids is 2. The second-order valence-corrected chi connectivity index (χ2v) is 7.14. The van der Waals surface area contributed by atoms with Crippen molar-refractivity contribution in [3.8, 4) is 0 Å². The topological polar surface area (TPSA) is 78.7 Å². The van der Waals surface area contributed by atoms with E-state index in [1.165, 1.54) is 0 Å². The molecule has 8 heteroatoms. The van der Waals surface area contributed by atoms with Gasteiger partial charge in [0.25, 0.3) is 0 Å². The molecule has 0 aromatic heterocycles. The predicted molar refractivity (Wildman–Crippen MR) is 107 cm³/mol. The maximum Gasteiger partial charge on any atom is 0.321 e. The number of halogens is 2. The molecule has 0 aliphatic carbocycles. The minimum Gasteiger partial charge on any atom is -0.368 e. The standard InChI is InChI=1S/C19H20Cl2N4O2/c20-14-6-7-16(15(21)12-14)23-19(27)25-10-8-24(9-11-25)17(18(22)26)13-4-2-1-3-5-13/h1-7,12,17H,8-11H2,(H2,22,26)(H,23,27). The number of hydrogen-bond donors (Lipinski definition) is 2. The van der Waals surface area contributed by atoms with E-state index in [9.17, 15) is 9.59 Å². The van der Waals surface area contributed by atoms with E-state index in [0.717, 1.165) is 5.56 Å². The second-order valence-electron chi connectivity index (χ2n) is 6.29. The molecule has 0 spiro atoms. The van der Waals surface area contributed by atoms with E-state index in [1.807, 2.05) is 35.2 Å². The van der Waals surface area contributed by atoms with E-state index in [4.69, 9.17) is 28.9 Å². The van der Waals surface area contributed by atoms with Crippen LogP contribution in [0, 0.1) is 0 Å².